The standard InChI is InChI=1S/C17H22N2O2/c1-15(2)16(3)9-10-17(15,14(20)21)11-13(16)19-18-12-7-5-4-6-8-12/h4-8,18H,9-11H2,1-3H3,(H,20,21)/t16-,17+/m1/s1. The summed E-state index contributed by atoms with van der Waals surface area (Å²) in [6.07, 6.45) is 2.18. The number of benzene rings is 1. The van der Waals surface area contributed by atoms with E-state index >= 15 is 0 Å². The van der Waals surface area contributed by atoms with E-state index in [1.54, 1.807) is 0 Å². The Balaban J connectivity index is 1.94. The monoisotopic (exact) mass is 286 g/mol. The first kappa shape index (κ1) is 14.1. The smallest absolute Gasteiger partial charge is 0.310 e. The van der Waals surface area contributed by atoms with Gasteiger partial charge in [-0.05, 0) is 30.4 Å². The van der Waals surface area contributed by atoms with Gasteiger partial charge >= 0.3 is 5.97 Å². The number of fused-ring (bicyclic) bond motifs is 2. The summed E-state index contributed by atoms with van der Waals surface area (Å²) >= 11 is 0. The molecule has 2 fully saturated rings. The van der Waals surface area contributed by atoms with Crippen LogP contribution in [0.1, 0.15) is 40.0 Å². The van der Waals surface area contributed by atoms with E-state index in [2.05, 4.69) is 31.3 Å². The maximum atomic E-state index is 11.9. The van der Waals surface area contributed by atoms with E-state index < -0.39 is 11.4 Å². The Morgan fingerprint density at radius 1 is 1.19 bits per heavy atom. The zero-order chi connectivity index (χ0) is 15.3. The molecule has 0 aliphatic heterocycles. The van der Waals surface area contributed by atoms with Gasteiger partial charge in [-0.15, -0.1) is 0 Å². The fourth-order valence-electron chi connectivity index (χ4n) is 4.17. The quantitative estimate of drug-likeness (QED) is 0.832. The molecule has 0 heterocycles. The van der Waals surface area contributed by atoms with Crippen LogP contribution in [0.15, 0.2) is 35.4 Å². The van der Waals surface area contributed by atoms with E-state index in [0.29, 0.717) is 6.42 Å². The summed E-state index contributed by atoms with van der Waals surface area (Å²) in [6.45, 7) is 6.33. The molecule has 0 spiro atoms. The molecule has 4 nitrogen and oxygen atoms in total. The van der Waals surface area contributed by atoms with Gasteiger partial charge in [-0.3, -0.25) is 10.2 Å². The summed E-state index contributed by atoms with van der Waals surface area (Å²) in [5.41, 5.74) is 3.92. The Labute approximate surface area is 125 Å². The van der Waals surface area contributed by atoms with Crippen molar-refractivity contribution >= 4 is 17.4 Å². The normalized spacial score (nSPS) is 35.1. The number of carboxylic acid groups (broad SMARTS) is 1. The van der Waals surface area contributed by atoms with E-state index in [4.69, 9.17) is 0 Å². The van der Waals surface area contributed by atoms with Crippen LogP contribution in [0.2, 0.25) is 0 Å². The van der Waals surface area contributed by atoms with Crippen LogP contribution in [0.25, 0.3) is 0 Å². The molecule has 0 radical (unpaired) electrons. The number of rotatable bonds is 3. The minimum absolute atomic E-state index is 0.146. The highest BCUT2D eigenvalue weighted by Crippen LogP contribution is 2.70. The summed E-state index contributed by atoms with van der Waals surface area (Å²) in [6, 6.07) is 9.77. The molecule has 2 N–H and O–H groups in total. The van der Waals surface area contributed by atoms with Crippen molar-refractivity contribution in [1.29, 1.82) is 0 Å². The Hall–Kier alpha value is -1.84. The number of anilines is 1. The van der Waals surface area contributed by atoms with Gasteiger partial charge in [0, 0.05) is 17.5 Å². The number of hydrogen-bond acceptors (Lipinski definition) is 3. The maximum absolute atomic E-state index is 11.9. The minimum Gasteiger partial charge on any atom is -0.481 e. The van der Waals surface area contributed by atoms with Crippen molar-refractivity contribution in [3.8, 4) is 0 Å². The summed E-state index contributed by atoms with van der Waals surface area (Å²) < 4.78 is 0. The van der Waals surface area contributed by atoms with Gasteiger partial charge in [0.25, 0.3) is 0 Å². The first-order chi connectivity index (χ1) is 9.83. The Morgan fingerprint density at radius 2 is 1.86 bits per heavy atom. The van der Waals surface area contributed by atoms with E-state index in [-0.39, 0.29) is 10.8 Å². The Kier molecular flexibility index (Phi) is 2.91. The van der Waals surface area contributed by atoms with Crippen molar-refractivity contribution in [3.05, 3.63) is 30.3 Å². The molecular weight excluding hydrogens is 264 g/mol. The maximum Gasteiger partial charge on any atom is 0.310 e. The highest BCUT2D eigenvalue weighted by molar-refractivity contribution is 6.01. The van der Waals surface area contributed by atoms with Crippen LogP contribution >= 0.6 is 0 Å². The number of hydrazone groups is 1. The van der Waals surface area contributed by atoms with Crippen LogP contribution in [-0.2, 0) is 4.79 Å². The van der Waals surface area contributed by atoms with E-state index in [0.717, 1.165) is 24.2 Å². The number of carbonyl (C=O) groups is 1. The average Bonchev–Trinajstić information content (AvgIpc) is 2.76. The van der Waals surface area contributed by atoms with Gasteiger partial charge in [-0.1, -0.05) is 39.0 Å². The lowest BCUT2D eigenvalue weighted by molar-refractivity contribution is -0.154. The van der Waals surface area contributed by atoms with E-state index in [9.17, 15) is 9.90 Å². The largest absolute Gasteiger partial charge is 0.481 e. The van der Waals surface area contributed by atoms with Gasteiger partial charge in [-0.2, -0.15) is 5.10 Å². The Bertz CT molecular complexity index is 608. The van der Waals surface area contributed by atoms with Crippen molar-refractivity contribution in [1.82, 2.24) is 0 Å². The molecule has 2 aliphatic rings. The van der Waals surface area contributed by atoms with Crippen LogP contribution in [0.4, 0.5) is 5.69 Å². The van der Waals surface area contributed by atoms with E-state index in [1.807, 2.05) is 30.3 Å². The molecule has 112 valence electrons. The molecule has 4 heteroatoms. The van der Waals surface area contributed by atoms with Crippen molar-refractivity contribution in [2.24, 2.45) is 21.3 Å². The molecule has 21 heavy (non-hydrogen) atoms. The zero-order valence-corrected chi connectivity index (χ0v) is 12.8. The minimum atomic E-state index is -0.680. The third-order valence-corrected chi connectivity index (χ3v) is 6.24. The third-order valence-electron chi connectivity index (χ3n) is 6.24. The first-order valence-corrected chi connectivity index (χ1v) is 7.45. The molecular formula is C17H22N2O2. The van der Waals surface area contributed by atoms with Gasteiger partial charge in [0.1, 0.15) is 0 Å². The lowest BCUT2D eigenvalue weighted by atomic mass is 9.65. The topological polar surface area (TPSA) is 61.7 Å². The van der Waals surface area contributed by atoms with E-state index in [1.165, 1.54) is 0 Å². The average molecular weight is 286 g/mol. The molecule has 0 amide bonds. The fourth-order valence-corrected chi connectivity index (χ4v) is 4.17. The van der Waals surface area contributed by atoms with Crippen molar-refractivity contribution in [2.45, 2.75) is 40.0 Å². The van der Waals surface area contributed by atoms with Gasteiger partial charge in [0.15, 0.2) is 0 Å². The summed E-state index contributed by atoms with van der Waals surface area (Å²) in [5.74, 6) is -0.680. The van der Waals surface area contributed by atoms with Crippen LogP contribution in [0.3, 0.4) is 0 Å². The summed E-state index contributed by atoms with van der Waals surface area (Å²) in [5, 5.41) is 14.3. The molecule has 2 saturated carbocycles. The molecule has 0 aromatic heterocycles. The number of para-hydroxylation sites is 1. The predicted molar refractivity (Wildman–Crippen MR) is 83.3 cm³/mol. The summed E-state index contributed by atoms with van der Waals surface area (Å²) in [7, 11) is 0. The molecule has 3 rings (SSSR count). The number of carboxylic acids is 1. The first-order valence-electron chi connectivity index (χ1n) is 7.45. The van der Waals surface area contributed by atoms with Crippen LogP contribution in [-0.4, -0.2) is 16.8 Å². The lowest BCUT2D eigenvalue weighted by Crippen LogP contribution is -2.40. The number of nitrogens with zero attached hydrogens (tertiary/aromatic N) is 1. The molecule has 0 unspecified atom stereocenters. The second-order valence-corrected chi connectivity index (χ2v) is 7.06. The van der Waals surface area contributed by atoms with Gasteiger partial charge in [-0.25, -0.2) is 0 Å². The third kappa shape index (κ3) is 1.68. The fraction of sp³-hybridized carbons (Fsp3) is 0.529. The van der Waals surface area contributed by atoms with Gasteiger partial charge in [0.05, 0.1) is 11.1 Å². The molecule has 0 saturated heterocycles. The summed E-state index contributed by atoms with van der Waals surface area (Å²) in [4.78, 5) is 11.9. The lowest BCUT2D eigenvalue weighted by Gasteiger charge is -2.37. The number of nitrogens with one attached hydrogen (secondary N) is 1. The van der Waals surface area contributed by atoms with Crippen LogP contribution < -0.4 is 5.43 Å². The second kappa shape index (κ2) is 4.33. The molecule has 1 aromatic rings. The highest BCUT2D eigenvalue weighted by atomic mass is 16.4. The van der Waals surface area contributed by atoms with Gasteiger partial charge < -0.3 is 5.11 Å². The number of hydrogen-bond donors (Lipinski definition) is 2. The molecule has 2 bridgehead atoms. The van der Waals surface area contributed by atoms with Gasteiger partial charge in [0.2, 0.25) is 0 Å². The SMILES string of the molecule is CC1(C)[C@@]2(C(=O)O)CC[C@]1(C)C(=NNc1ccccc1)C2. The molecule has 2 atom stereocenters. The van der Waals surface area contributed by atoms with Crippen molar-refractivity contribution in [3.63, 3.8) is 0 Å². The molecule has 2 aliphatic carbocycles. The van der Waals surface area contributed by atoms with Crippen molar-refractivity contribution in [2.75, 3.05) is 5.43 Å². The van der Waals surface area contributed by atoms with Crippen molar-refractivity contribution < 1.29 is 9.90 Å². The Morgan fingerprint density at radius 3 is 2.43 bits per heavy atom. The zero-order valence-electron chi connectivity index (χ0n) is 12.8. The molecule has 1 aromatic carbocycles. The predicted octanol–water partition coefficient (Wildman–Crippen LogP) is 3.76. The second-order valence-electron chi connectivity index (χ2n) is 7.06. The number of aliphatic carboxylic acids is 1. The van der Waals surface area contributed by atoms with Crippen LogP contribution in [0.5, 0.6) is 0 Å². The van der Waals surface area contributed by atoms with Crippen LogP contribution in [0, 0.1) is 16.2 Å². The highest BCUT2D eigenvalue weighted by Gasteiger charge is 2.71.